The Kier molecular flexibility index (Phi) is 5.34. The second-order valence-corrected chi connectivity index (χ2v) is 7.04. The number of fused-ring (bicyclic) bond motifs is 1. The van der Waals surface area contributed by atoms with Gasteiger partial charge in [0, 0.05) is 17.7 Å². The van der Waals surface area contributed by atoms with Crippen molar-refractivity contribution < 1.29 is 19.1 Å². The molecule has 2 aromatic carbocycles. The van der Waals surface area contributed by atoms with Gasteiger partial charge in [0.1, 0.15) is 6.33 Å². The number of tetrazole rings is 1. The van der Waals surface area contributed by atoms with Gasteiger partial charge in [-0.2, -0.15) is 0 Å². The third-order valence-corrected chi connectivity index (χ3v) is 5.06. The molecule has 0 bridgehead atoms. The van der Waals surface area contributed by atoms with Crippen LogP contribution in [0.2, 0.25) is 0 Å². The lowest BCUT2D eigenvalue weighted by Crippen LogP contribution is -2.26. The first-order chi connectivity index (χ1) is 14.5. The number of nitrogens with zero attached hydrogens (tertiary/aromatic N) is 4. The van der Waals surface area contributed by atoms with Gasteiger partial charge in [0.2, 0.25) is 5.91 Å². The molecule has 1 amide bonds. The molecule has 2 heterocycles. The molecule has 1 aliphatic rings. The van der Waals surface area contributed by atoms with E-state index < -0.39 is 18.6 Å². The highest BCUT2D eigenvalue weighted by Crippen LogP contribution is 2.32. The van der Waals surface area contributed by atoms with Gasteiger partial charge in [-0.1, -0.05) is 30.3 Å². The van der Waals surface area contributed by atoms with Crippen LogP contribution in [0.25, 0.3) is 0 Å². The summed E-state index contributed by atoms with van der Waals surface area (Å²) in [6, 6.07) is 13.6. The number of hydrogen-bond donors (Lipinski definition) is 1. The molecule has 30 heavy (non-hydrogen) atoms. The van der Waals surface area contributed by atoms with Gasteiger partial charge in [-0.15, -0.1) is 5.10 Å². The number of hydrogen-bond acceptors (Lipinski definition) is 7. The van der Waals surface area contributed by atoms with E-state index in [0.29, 0.717) is 17.7 Å². The maximum atomic E-state index is 12.7. The van der Waals surface area contributed by atoms with E-state index in [0.717, 1.165) is 11.1 Å². The molecule has 152 valence electrons. The predicted octanol–water partition coefficient (Wildman–Crippen LogP) is 1.94. The Bertz CT molecular complexity index is 1080. The number of ether oxygens (including phenoxy) is 1. The zero-order valence-corrected chi connectivity index (χ0v) is 16.2. The molecule has 1 aromatic heterocycles. The van der Waals surface area contributed by atoms with E-state index in [1.807, 2.05) is 30.3 Å². The molecule has 1 N–H and O–H groups in total. The number of aromatic nitrogens is 4. The van der Waals surface area contributed by atoms with Crippen LogP contribution in [-0.4, -0.2) is 44.5 Å². The Morgan fingerprint density at radius 3 is 2.73 bits per heavy atom. The summed E-state index contributed by atoms with van der Waals surface area (Å²) in [5, 5.41) is 13.7. The number of rotatable bonds is 7. The van der Waals surface area contributed by atoms with E-state index in [1.165, 1.54) is 11.0 Å². The van der Waals surface area contributed by atoms with Gasteiger partial charge >= 0.3 is 5.97 Å². The number of benzene rings is 2. The van der Waals surface area contributed by atoms with Gasteiger partial charge < -0.3 is 10.1 Å². The molecule has 0 saturated carbocycles. The predicted molar refractivity (Wildman–Crippen MR) is 106 cm³/mol. The highest BCUT2D eigenvalue weighted by Gasteiger charge is 2.28. The zero-order chi connectivity index (χ0) is 21.1. The van der Waals surface area contributed by atoms with Crippen LogP contribution >= 0.6 is 0 Å². The fourth-order valence-corrected chi connectivity index (χ4v) is 3.34. The third-order valence-electron chi connectivity index (χ3n) is 5.06. The number of nitrogens with one attached hydrogen (secondary N) is 1. The van der Waals surface area contributed by atoms with E-state index in [-0.39, 0.29) is 17.6 Å². The number of anilines is 1. The molecule has 0 radical (unpaired) electrons. The minimum atomic E-state index is -0.794. The Labute approximate surface area is 172 Å². The average molecular weight is 405 g/mol. The topological polar surface area (TPSA) is 116 Å². The molecule has 1 aliphatic heterocycles. The second-order valence-electron chi connectivity index (χ2n) is 7.04. The summed E-state index contributed by atoms with van der Waals surface area (Å²) in [6.45, 7) is 1.36. The van der Waals surface area contributed by atoms with Gasteiger partial charge in [0.15, 0.2) is 18.4 Å². The molecule has 0 spiro atoms. The van der Waals surface area contributed by atoms with E-state index in [1.54, 1.807) is 25.1 Å². The van der Waals surface area contributed by atoms with Crippen LogP contribution in [0.5, 0.6) is 0 Å². The van der Waals surface area contributed by atoms with E-state index in [9.17, 15) is 14.4 Å². The number of carbonyl (C=O) groups is 3. The highest BCUT2D eigenvalue weighted by molar-refractivity contribution is 6.05. The summed E-state index contributed by atoms with van der Waals surface area (Å²) in [4.78, 5) is 37.1. The maximum Gasteiger partial charge on any atom is 0.331 e. The Balaban J connectivity index is 1.45. The first-order valence-electron chi connectivity index (χ1n) is 9.44. The molecule has 3 aromatic rings. The van der Waals surface area contributed by atoms with Crippen LogP contribution in [0.1, 0.15) is 40.4 Å². The third kappa shape index (κ3) is 3.95. The van der Waals surface area contributed by atoms with Gasteiger partial charge in [-0.05, 0) is 46.7 Å². The van der Waals surface area contributed by atoms with Gasteiger partial charge in [0.25, 0.3) is 0 Å². The summed E-state index contributed by atoms with van der Waals surface area (Å²) < 4.78 is 6.61. The molecule has 9 heteroatoms. The summed E-state index contributed by atoms with van der Waals surface area (Å²) >= 11 is 0. The summed E-state index contributed by atoms with van der Waals surface area (Å²) in [5.41, 5.74) is 2.74. The number of esters is 1. The molecule has 0 unspecified atom stereocenters. The highest BCUT2D eigenvalue weighted by atomic mass is 16.5. The summed E-state index contributed by atoms with van der Waals surface area (Å²) in [7, 11) is 0. The monoisotopic (exact) mass is 405 g/mol. The van der Waals surface area contributed by atoms with Gasteiger partial charge in [0.05, 0.1) is 5.92 Å². The minimum Gasteiger partial charge on any atom is -0.456 e. The van der Waals surface area contributed by atoms with Crippen LogP contribution in [0.3, 0.4) is 0 Å². The second kappa shape index (κ2) is 8.24. The van der Waals surface area contributed by atoms with Crippen molar-refractivity contribution in [2.24, 2.45) is 0 Å². The molecule has 2 atom stereocenters. The fourth-order valence-electron chi connectivity index (χ4n) is 3.34. The Morgan fingerprint density at radius 2 is 2.00 bits per heavy atom. The summed E-state index contributed by atoms with van der Waals surface area (Å²) in [6.07, 6.45) is 1.66. The van der Waals surface area contributed by atoms with E-state index in [2.05, 4.69) is 20.8 Å². The maximum absolute atomic E-state index is 12.7. The lowest BCUT2D eigenvalue weighted by atomic mass is 9.99. The van der Waals surface area contributed by atoms with Crippen LogP contribution in [0, 0.1) is 0 Å². The normalized spacial score (nSPS) is 15.9. The van der Waals surface area contributed by atoms with Crippen molar-refractivity contribution in [2.75, 3.05) is 11.9 Å². The van der Waals surface area contributed by atoms with Crippen LogP contribution in [0.4, 0.5) is 5.69 Å². The Hall–Kier alpha value is -3.88. The van der Waals surface area contributed by atoms with Crippen LogP contribution < -0.4 is 5.32 Å². The van der Waals surface area contributed by atoms with Crippen molar-refractivity contribution in [3.8, 4) is 0 Å². The number of Topliss-reactive ketones (excluding diaryl/α,β-unsaturated/α-hetero) is 1. The SMILES string of the molecule is C[C@H]1C(=O)Nc2ccc(C(=O)COC(=O)[C@H](Cc3ccccc3)n3cnnn3)cc21. The first kappa shape index (κ1) is 19.4. The van der Waals surface area contributed by atoms with Crippen molar-refractivity contribution in [1.29, 1.82) is 0 Å². The smallest absolute Gasteiger partial charge is 0.331 e. The van der Waals surface area contributed by atoms with Crippen molar-refractivity contribution >= 4 is 23.3 Å². The molecule has 0 saturated heterocycles. The number of carbonyl (C=O) groups excluding carboxylic acids is 3. The molecular formula is C21H19N5O4. The zero-order valence-electron chi connectivity index (χ0n) is 16.2. The lowest BCUT2D eigenvalue weighted by molar-refractivity contribution is -0.146. The lowest BCUT2D eigenvalue weighted by Gasteiger charge is -2.15. The number of amides is 1. The fraction of sp³-hybridized carbons (Fsp3) is 0.238. The number of ketones is 1. The van der Waals surface area contributed by atoms with Crippen molar-refractivity contribution in [1.82, 2.24) is 20.2 Å². The molecule has 9 nitrogen and oxygen atoms in total. The van der Waals surface area contributed by atoms with Crippen molar-refractivity contribution in [3.63, 3.8) is 0 Å². The van der Waals surface area contributed by atoms with E-state index >= 15 is 0 Å². The minimum absolute atomic E-state index is 0.105. The van der Waals surface area contributed by atoms with E-state index in [4.69, 9.17) is 4.74 Å². The van der Waals surface area contributed by atoms with Crippen molar-refractivity contribution in [2.45, 2.75) is 25.3 Å². The molecule has 0 fully saturated rings. The Morgan fingerprint density at radius 1 is 1.20 bits per heavy atom. The molecular weight excluding hydrogens is 386 g/mol. The van der Waals surface area contributed by atoms with Crippen LogP contribution in [0.15, 0.2) is 54.9 Å². The largest absolute Gasteiger partial charge is 0.456 e. The van der Waals surface area contributed by atoms with Gasteiger partial charge in [-0.25, -0.2) is 9.48 Å². The first-order valence-corrected chi connectivity index (χ1v) is 9.44. The molecule has 0 aliphatic carbocycles. The van der Waals surface area contributed by atoms with Gasteiger partial charge in [-0.3, -0.25) is 9.59 Å². The quantitative estimate of drug-likeness (QED) is 0.472. The van der Waals surface area contributed by atoms with Crippen LogP contribution in [-0.2, 0) is 20.7 Å². The van der Waals surface area contributed by atoms with Crippen molar-refractivity contribution in [3.05, 3.63) is 71.5 Å². The standard InChI is InChI=1S/C21H19N5O4/c1-13-16-10-15(7-8-17(16)23-20(13)28)19(27)11-30-21(29)18(26-12-22-24-25-26)9-14-5-3-2-4-6-14/h2-8,10,12-13,18H,9,11H2,1H3,(H,23,28)/t13-,18+/m1/s1. The summed E-state index contributed by atoms with van der Waals surface area (Å²) in [5.74, 6) is -1.39. The molecule has 4 rings (SSSR count). The average Bonchev–Trinajstić information content (AvgIpc) is 3.39.